The van der Waals surface area contributed by atoms with Gasteiger partial charge in [0.2, 0.25) is 5.89 Å². The molecule has 0 N–H and O–H groups in total. The molecule has 2 aromatic carbocycles. The third kappa shape index (κ3) is 2.43. The number of hydrogen-bond acceptors (Lipinski definition) is 2. The van der Waals surface area contributed by atoms with Crippen LogP contribution in [0.2, 0.25) is 0 Å². The second-order valence-electron chi connectivity index (χ2n) is 4.91. The number of aromatic nitrogens is 1. The quantitative estimate of drug-likeness (QED) is 0.634. The van der Waals surface area contributed by atoms with E-state index in [9.17, 15) is 0 Å². The van der Waals surface area contributed by atoms with Gasteiger partial charge in [0.15, 0.2) is 5.58 Å². The van der Waals surface area contributed by atoms with Crippen LogP contribution in [0.15, 0.2) is 51.4 Å². The highest BCUT2D eigenvalue weighted by Crippen LogP contribution is 2.28. The summed E-state index contributed by atoms with van der Waals surface area (Å²) < 4.78 is 6.84. The van der Waals surface area contributed by atoms with Gasteiger partial charge in [-0.15, -0.1) is 0 Å². The lowest BCUT2D eigenvalue weighted by atomic mass is 10.0. The topological polar surface area (TPSA) is 26.0 Å². The summed E-state index contributed by atoms with van der Waals surface area (Å²) >= 11 is 3.46. The maximum absolute atomic E-state index is 5.81. The summed E-state index contributed by atoms with van der Waals surface area (Å²) in [5, 5.41) is 0. The summed E-state index contributed by atoms with van der Waals surface area (Å²) in [6.45, 7) is 4.35. The monoisotopic (exact) mass is 315 g/mol. The van der Waals surface area contributed by atoms with Crippen LogP contribution in [0.1, 0.15) is 25.3 Å². The summed E-state index contributed by atoms with van der Waals surface area (Å²) in [5.41, 5.74) is 4.01. The zero-order valence-electron chi connectivity index (χ0n) is 10.9. The van der Waals surface area contributed by atoms with Crippen molar-refractivity contribution in [3.63, 3.8) is 0 Å². The standard InChI is InChI=1S/C16H14BrNO/c1-10(2)11-6-7-15-14(9-11)18-16(19-15)12-4-3-5-13(17)8-12/h3-10H,1-2H3. The third-order valence-corrected chi connectivity index (χ3v) is 3.64. The molecule has 0 unspecified atom stereocenters. The van der Waals surface area contributed by atoms with Gasteiger partial charge >= 0.3 is 0 Å². The van der Waals surface area contributed by atoms with Crippen LogP contribution >= 0.6 is 15.9 Å². The Morgan fingerprint density at radius 3 is 2.68 bits per heavy atom. The van der Waals surface area contributed by atoms with Crippen molar-refractivity contribution in [2.45, 2.75) is 19.8 Å². The Kier molecular flexibility index (Phi) is 3.15. The largest absolute Gasteiger partial charge is 0.436 e. The van der Waals surface area contributed by atoms with Crippen molar-refractivity contribution in [3.05, 3.63) is 52.5 Å². The van der Waals surface area contributed by atoms with Crippen LogP contribution < -0.4 is 0 Å². The third-order valence-electron chi connectivity index (χ3n) is 3.15. The van der Waals surface area contributed by atoms with Gasteiger partial charge < -0.3 is 4.42 Å². The minimum atomic E-state index is 0.496. The van der Waals surface area contributed by atoms with E-state index >= 15 is 0 Å². The fourth-order valence-corrected chi connectivity index (χ4v) is 2.45. The van der Waals surface area contributed by atoms with E-state index in [1.165, 1.54) is 5.56 Å². The van der Waals surface area contributed by atoms with Crippen LogP contribution in [0.3, 0.4) is 0 Å². The van der Waals surface area contributed by atoms with E-state index in [0.717, 1.165) is 21.1 Å². The van der Waals surface area contributed by atoms with E-state index in [-0.39, 0.29) is 0 Å². The fourth-order valence-electron chi connectivity index (χ4n) is 2.05. The summed E-state index contributed by atoms with van der Waals surface area (Å²) in [6.07, 6.45) is 0. The van der Waals surface area contributed by atoms with Crippen molar-refractivity contribution in [1.29, 1.82) is 0 Å². The van der Waals surface area contributed by atoms with Gasteiger partial charge in [-0.3, -0.25) is 0 Å². The first-order valence-electron chi connectivity index (χ1n) is 6.30. The molecular weight excluding hydrogens is 302 g/mol. The molecule has 0 radical (unpaired) electrons. The molecule has 3 aromatic rings. The molecule has 0 bridgehead atoms. The molecule has 3 heteroatoms. The van der Waals surface area contributed by atoms with Gasteiger partial charge in [0, 0.05) is 10.0 Å². The molecule has 2 nitrogen and oxygen atoms in total. The average Bonchev–Trinajstić information content (AvgIpc) is 2.81. The van der Waals surface area contributed by atoms with Crippen molar-refractivity contribution in [1.82, 2.24) is 4.98 Å². The van der Waals surface area contributed by atoms with Gasteiger partial charge in [0.25, 0.3) is 0 Å². The SMILES string of the molecule is CC(C)c1ccc2oc(-c3cccc(Br)c3)nc2c1. The van der Waals surface area contributed by atoms with E-state index in [4.69, 9.17) is 4.42 Å². The minimum Gasteiger partial charge on any atom is -0.436 e. The molecule has 0 saturated heterocycles. The molecule has 0 aliphatic rings. The Hall–Kier alpha value is -1.61. The lowest BCUT2D eigenvalue weighted by Crippen LogP contribution is -1.85. The Bertz CT molecular complexity index is 730. The normalized spacial score (nSPS) is 11.4. The molecule has 0 amide bonds. The smallest absolute Gasteiger partial charge is 0.227 e. The van der Waals surface area contributed by atoms with Gasteiger partial charge in [-0.05, 0) is 41.8 Å². The Labute approximate surface area is 120 Å². The average molecular weight is 316 g/mol. The summed E-state index contributed by atoms with van der Waals surface area (Å²) in [7, 11) is 0. The van der Waals surface area contributed by atoms with Crippen LogP contribution in [-0.2, 0) is 0 Å². The molecule has 0 spiro atoms. The zero-order chi connectivity index (χ0) is 13.4. The predicted molar refractivity (Wildman–Crippen MR) is 81.2 cm³/mol. The van der Waals surface area contributed by atoms with Crippen molar-refractivity contribution in [2.24, 2.45) is 0 Å². The number of halogens is 1. The van der Waals surface area contributed by atoms with Gasteiger partial charge in [-0.25, -0.2) is 4.98 Å². The molecule has 0 aliphatic carbocycles. The predicted octanol–water partition coefficient (Wildman–Crippen LogP) is 5.38. The van der Waals surface area contributed by atoms with Crippen LogP contribution in [0.25, 0.3) is 22.6 Å². The first kappa shape index (κ1) is 12.4. The van der Waals surface area contributed by atoms with Gasteiger partial charge in [0.1, 0.15) is 5.52 Å². The highest BCUT2D eigenvalue weighted by atomic mass is 79.9. The van der Waals surface area contributed by atoms with Crippen LogP contribution in [0.5, 0.6) is 0 Å². The van der Waals surface area contributed by atoms with Gasteiger partial charge in [0.05, 0.1) is 0 Å². The van der Waals surface area contributed by atoms with E-state index in [0.29, 0.717) is 11.8 Å². The maximum Gasteiger partial charge on any atom is 0.227 e. The number of nitrogens with zero attached hydrogens (tertiary/aromatic N) is 1. The Morgan fingerprint density at radius 2 is 1.95 bits per heavy atom. The molecule has 19 heavy (non-hydrogen) atoms. The highest BCUT2D eigenvalue weighted by molar-refractivity contribution is 9.10. The summed E-state index contributed by atoms with van der Waals surface area (Å²) in [4.78, 5) is 4.58. The first-order valence-corrected chi connectivity index (χ1v) is 7.09. The molecule has 0 atom stereocenters. The second-order valence-corrected chi connectivity index (χ2v) is 5.83. The van der Waals surface area contributed by atoms with Crippen molar-refractivity contribution >= 4 is 27.0 Å². The fraction of sp³-hybridized carbons (Fsp3) is 0.188. The second kappa shape index (κ2) is 4.82. The number of oxazole rings is 1. The van der Waals surface area contributed by atoms with E-state index in [1.54, 1.807) is 0 Å². The molecule has 0 saturated carbocycles. The highest BCUT2D eigenvalue weighted by Gasteiger charge is 2.10. The first-order chi connectivity index (χ1) is 9.13. The zero-order valence-corrected chi connectivity index (χ0v) is 12.4. The molecule has 1 aromatic heterocycles. The summed E-state index contributed by atoms with van der Waals surface area (Å²) in [5.74, 6) is 1.16. The van der Waals surface area contributed by atoms with Crippen LogP contribution in [-0.4, -0.2) is 4.98 Å². The van der Waals surface area contributed by atoms with Crippen molar-refractivity contribution in [2.75, 3.05) is 0 Å². The molecule has 1 heterocycles. The van der Waals surface area contributed by atoms with E-state index in [1.807, 2.05) is 30.3 Å². The number of benzene rings is 2. The lowest BCUT2D eigenvalue weighted by Gasteiger charge is -2.02. The number of rotatable bonds is 2. The minimum absolute atomic E-state index is 0.496. The summed E-state index contributed by atoms with van der Waals surface area (Å²) in [6, 6.07) is 14.2. The van der Waals surface area contributed by atoms with Crippen LogP contribution in [0, 0.1) is 0 Å². The molecule has 0 fully saturated rings. The Balaban J connectivity index is 2.11. The van der Waals surface area contributed by atoms with Crippen LogP contribution in [0.4, 0.5) is 0 Å². The number of fused-ring (bicyclic) bond motifs is 1. The van der Waals surface area contributed by atoms with Gasteiger partial charge in [-0.2, -0.15) is 0 Å². The number of hydrogen-bond donors (Lipinski definition) is 0. The lowest BCUT2D eigenvalue weighted by molar-refractivity contribution is 0.619. The molecular formula is C16H14BrNO. The molecule has 3 rings (SSSR count). The van der Waals surface area contributed by atoms with E-state index in [2.05, 4.69) is 46.9 Å². The molecule has 0 aliphatic heterocycles. The molecule has 96 valence electrons. The van der Waals surface area contributed by atoms with Gasteiger partial charge in [-0.1, -0.05) is 41.9 Å². The maximum atomic E-state index is 5.81. The van der Waals surface area contributed by atoms with Crippen molar-refractivity contribution in [3.8, 4) is 11.5 Å². The van der Waals surface area contributed by atoms with E-state index < -0.39 is 0 Å². The van der Waals surface area contributed by atoms with Crippen molar-refractivity contribution < 1.29 is 4.42 Å². The Morgan fingerprint density at radius 1 is 1.11 bits per heavy atom.